The molecule has 0 saturated carbocycles. The Balaban J connectivity index is 1.82. The molecule has 1 heterocycles. The SMILES string of the molecule is Cc1ccccc1-n1cnnc1SC(C)C(=O)c1ccc(Cl)cc1. The van der Waals surface area contributed by atoms with E-state index < -0.39 is 0 Å². The van der Waals surface area contributed by atoms with Crippen LogP contribution in [-0.2, 0) is 0 Å². The van der Waals surface area contributed by atoms with E-state index in [1.807, 2.05) is 42.7 Å². The summed E-state index contributed by atoms with van der Waals surface area (Å²) in [5.74, 6) is 0.0380. The maximum absolute atomic E-state index is 12.6. The van der Waals surface area contributed by atoms with Gasteiger partial charge in [0.1, 0.15) is 6.33 Å². The Kier molecular flexibility index (Phi) is 5.02. The molecule has 6 heteroatoms. The van der Waals surface area contributed by atoms with Gasteiger partial charge in [0, 0.05) is 10.6 Å². The standard InChI is InChI=1S/C18H16ClN3OS/c1-12-5-3-4-6-16(12)22-11-20-21-18(22)24-13(2)17(23)14-7-9-15(19)10-8-14/h3-11,13H,1-2H3. The zero-order valence-corrected chi connectivity index (χ0v) is 14.9. The van der Waals surface area contributed by atoms with Crippen molar-refractivity contribution in [1.82, 2.24) is 14.8 Å². The molecule has 0 N–H and O–H groups in total. The number of Topliss-reactive ketones (excluding diaryl/α,β-unsaturated/α-hetero) is 1. The normalized spacial score (nSPS) is 12.1. The smallest absolute Gasteiger partial charge is 0.196 e. The molecule has 1 aromatic heterocycles. The first-order valence-electron chi connectivity index (χ1n) is 7.48. The van der Waals surface area contributed by atoms with Crippen LogP contribution in [0.3, 0.4) is 0 Å². The Labute approximate surface area is 149 Å². The number of hydrogen-bond acceptors (Lipinski definition) is 4. The van der Waals surface area contributed by atoms with Gasteiger partial charge in [-0.1, -0.05) is 41.6 Å². The van der Waals surface area contributed by atoms with Crippen LogP contribution < -0.4 is 0 Å². The van der Waals surface area contributed by atoms with Gasteiger partial charge >= 0.3 is 0 Å². The van der Waals surface area contributed by atoms with Gasteiger partial charge in [-0.25, -0.2) is 0 Å². The number of nitrogens with zero attached hydrogens (tertiary/aromatic N) is 3. The van der Waals surface area contributed by atoms with Crippen molar-refractivity contribution in [3.05, 3.63) is 71.0 Å². The zero-order valence-electron chi connectivity index (χ0n) is 13.3. The minimum Gasteiger partial charge on any atom is -0.293 e. The van der Waals surface area contributed by atoms with Crippen molar-refractivity contribution in [2.24, 2.45) is 0 Å². The lowest BCUT2D eigenvalue weighted by Gasteiger charge is -2.12. The number of para-hydroxylation sites is 1. The Bertz CT molecular complexity index is 861. The van der Waals surface area contributed by atoms with Crippen molar-refractivity contribution < 1.29 is 4.79 Å². The fraction of sp³-hybridized carbons (Fsp3) is 0.167. The summed E-state index contributed by atoms with van der Waals surface area (Å²) >= 11 is 7.27. The fourth-order valence-electron chi connectivity index (χ4n) is 2.36. The lowest BCUT2D eigenvalue weighted by atomic mass is 10.1. The molecule has 24 heavy (non-hydrogen) atoms. The van der Waals surface area contributed by atoms with Crippen LogP contribution in [0.1, 0.15) is 22.8 Å². The minimum atomic E-state index is -0.279. The van der Waals surface area contributed by atoms with E-state index >= 15 is 0 Å². The molecule has 4 nitrogen and oxygen atoms in total. The molecule has 3 aromatic rings. The average Bonchev–Trinajstić information content (AvgIpc) is 3.03. The quantitative estimate of drug-likeness (QED) is 0.495. The topological polar surface area (TPSA) is 47.8 Å². The van der Waals surface area contributed by atoms with Crippen LogP contribution >= 0.6 is 23.4 Å². The molecule has 1 atom stereocenters. The van der Waals surface area contributed by atoms with Crippen LogP contribution in [0.15, 0.2) is 60.0 Å². The van der Waals surface area contributed by atoms with E-state index in [2.05, 4.69) is 10.2 Å². The molecule has 0 bridgehead atoms. The molecule has 2 aromatic carbocycles. The first-order valence-corrected chi connectivity index (χ1v) is 8.74. The first kappa shape index (κ1) is 16.7. The minimum absolute atomic E-state index is 0.0380. The summed E-state index contributed by atoms with van der Waals surface area (Å²) in [5.41, 5.74) is 2.77. The second kappa shape index (κ2) is 7.20. The molecule has 0 spiro atoms. The summed E-state index contributed by atoms with van der Waals surface area (Å²) in [7, 11) is 0. The van der Waals surface area contributed by atoms with E-state index in [0.717, 1.165) is 11.3 Å². The third-order valence-electron chi connectivity index (χ3n) is 3.67. The molecule has 3 rings (SSSR count). The maximum Gasteiger partial charge on any atom is 0.196 e. The van der Waals surface area contributed by atoms with Gasteiger partial charge in [0.2, 0.25) is 0 Å². The molecular formula is C18H16ClN3OS. The van der Waals surface area contributed by atoms with E-state index in [-0.39, 0.29) is 11.0 Å². The average molecular weight is 358 g/mol. The van der Waals surface area contributed by atoms with Gasteiger partial charge in [-0.05, 0) is 49.7 Å². The van der Waals surface area contributed by atoms with Gasteiger partial charge in [-0.2, -0.15) is 0 Å². The number of carbonyl (C=O) groups is 1. The van der Waals surface area contributed by atoms with Gasteiger partial charge in [0.05, 0.1) is 10.9 Å². The third kappa shape index (κ3) is 3.52. The van der Waals surface area contributed by atoms with Crippen molar-refractivity contribution in [3.8, 4) is 5.69 Å². The maximum atomic E-state index is 12.6. The Morgan fingerprint density at radius 3 is 2.58 bits per heavy atom. The number of halogens is 1. The molecule has 1 unspecified atom stereocenters. The molecule has 0 aliphatic rings. The highest BCUT2D eigenvalue weighted by atomic mass is 35.5. The molecule has 0 saturated heterocycles. The third-order valence-corrected chi connectivity index (χ3v) is 4.98. The summed E-state index contributed by atoms with van der Waals surface area (Å²) in [4.78, 5) is 12.6. The predicted molar refractivity (Wildman–Crippen MR) is 97.2 cm³/mol. The van der Waals surface area contributed by atoms with Gasteiger partial charge in [-0.3, -0.25) is 9.36 Å². The summed E-state index contributed by atoms with van der Waals surface area (Å²) in [6.45, 7) is 3.91. The highest BCUT2D eigenvalue weighted by molar-refractivity contribution is 8.00. The van der Waals surface area contributed by atoms with E-state index in [4.69, 9.17) is 11.6 Å². The zero-order chi connectivity index (χ0) is 17.1. The number of thioether (sulfide) groups is 1. The van der Waals surface area contributed by atoms with Crippen LogP contribution in [0.5, 0.6) is 0 Å². The number of rotatable bonds is 5. The van der Waals surface area contributed by atoms with Crippen LogP contribution in [0, 0.1) is 6.92 Å². The number of benzene rings is 2. The van der Waals surface area contributed by atoms with Crippen molar-refractivity contribution >= 4 is 29.1 Å². The van der Waals surface area contributed by atoms with E-state index in [9.17, 15) is 4.79 Å². The molecule has 0 amide bonds. The lowest BCUT2D eigenvalue weighted by molar-refractivity contribution is 0.0994. The van der Waals surface area contributed by atoms with Crippen molar-refractivity contribution in [1.29, 1.82) is 0 Å². The molecular weight excluding hydrogens is 342 g/mol. The van der Waals surface area contributed by atoms with E-state index in [1.54, 1.807) is 30.6 Å². The monoisotopic (exact) mass is 357 g/mol. The van der Waals surface area contributed by atoms with Crippen LogP contribution in [0.4, 0.5) is 0 Å². The van der Waals surface area contributed by atoms with Crippen LogP contribution in [-0.4, -0.2) is 25.8 Å². The van der Waals surface area contributed by atoms with Gasteiger partial charge in [-0.15, -0.1) is 10.2 Å². The van der Waals surface area contributed by atoms with Gasteiger partial charge in [0.25, 0.3) is 0 Å². The van der Waals surface area contributed by atoms with Crippen molar-refractivity contribution in [2.45, 2.75) is 24.3 Å². The fourth-order valence-corrected chi connectivity index (χ4v) is 3.40. The predicted octanol–water partition coefficient (Wildman–Crippen LogP) is 4.59. The number of hydrogen-bond donors (Lipinski definition) is 0. The molecule has 0 fully saturated rings. The summed E-state index contributed by atoms with van der Waals surface area (Å²) in [6, 6.07) is 14.9. The Morgan fingerprint density at radius 1 is 1.17 bits per heavy atom. The summed E-state index contributed by atoms with van der Waals surface area (Å²) in [5, 5.41) is 9.20. The Hall–Kier alpha value is -2.11. The number of carbonyl (C=O) groups excluding carboxylic acids is 1. The molecule has 0 aliphatic carbocycles. The van der Waals surface area contributed by atoms with E-state index in [1.165, 1.54) is 11.8 Å². The number of aryl methyl sites for hydroxylation is 1. The number of ketones is 1. The second-order valence-corrected chi connectivity index (χ2v) is 7.15. The highest BCUT2D eigenvalue weighted by Gasteiger charge is 2.20. The molecule has 0 radical (unpaired) electrons. The Morgan fingerprint density at radius 2 is 1.88 bits per heavy atom. The summed E-state index contributed by atoms with van der Waals surface area (Å²) in [6.07, 6.45) is 1.67. The van der Waals surface area contributed by atoms with Gasteiger partial charge in [0.15, 0.2) is 10.9 Å². The first-order chi connectivity index (χ1) is 11.6. The van der Waals surface area contributed by atoms with Crippen molar-refractivity contribution in [2.75, 3.05) is 0 Å². The number of aromatic nitrogens is 3. The largest absolute Gasteiger partial charge is 0.293 e. The van der Waals surface area contributed by atoms with Crippen LogP contribution in [0.25, 0.3) is 5.69 Å². The van der Waals surface area contributed by atoms with E-state index in [0.29, 0.717) is 15.7 Å². The molecule has 122 valence electrons. The van der Waals surface area contributed by atoms with Crippen molar-refractivity contribution in [3.63, 3.8) is 0 Å². The highest BCUT2D eigenvalue weighted by Crippen LogP contribution is 2.27. The van der Waals surface area contributed by atoms with Crippen LogP contribution in [0.2, 0.25) is 5.02 Å². The lowest BCUT2D eigenvalue weighted by Crippen LogP contribution is -2.14. The van der Waals surface area contributed by atoms with Gasteiger partial charge < -0.3 is 0 Å². The summed E-state index contributed by atoms with van der Waals surface area (Å²) < 4.78 is 1.91. The molecule has 0 aliphatic heterocycles. The second-order valence-electron chi connectivity index (χ2n) is 5.40.